The Hall–Kier alpha value is -2.04. The van der Waals surface area contributed by atoms with Gasteiger partial charge in [-0.2, -0.15) is 0 Å². The van der Waals surface area contributed by atoms with Gasteiger partial charge in [-0.1, -0.05) is 36.8 Å². The van der Waals surface area contributed by atoms with Crippen molar-refractivity contribution in [2.24, 2.45) is 16.7 Å². The summed E-state index contributed by atoms with van der Waals surface area (Å²) in [5, 5.41) is 12.2. The molecule has 4 fully saturated rings. The van der Waals surface area contributed by atoms with Crippen molar-refractivity contribution < 1.29 is 19.4 Å². The summed E-state index contributed by atoms with van der Waals surface area (Å²) in [5.74, 6) is -0.160. The summed E-state index contributed by atoms with van der Waals surface area (Å²) in [6.45, 7) is 0.151. The summed E-state index contributed by atoms with van der Waals surface area (Å²) in [5.41, 5.74) is 1.03. The van der Waals surface area contributed by atoms with Gasteiger partial charge in [0.2, 0.25) is 0 Å². The fourth-order valence-electron chi connectivity index (χ4n) is 5.07. The van der Waals surface area contributed by atoms with E-state index in [-0.39, 0.29) is 12.0 Å². The Balaban J connectivity index is 1.32. The predicted molar refractivity (Wildman–Crippen MR) is 87.2 cm³/mol. The van der Waals surface area contributed by atoms with E-state index < -0.39 is 18.1 Å². The monoisotopic (exact) mass is 329 g/mol. The molecule has 5 heteroatoms. The van der Waals surface area contributed by atoms with Gasteiger partial charge in [-0.3, -0.25) is 0 Å². The van der Waals surface area contributed by atoms with Gasteiger partial charge in [0.05, 0.1) is 0 Å². The van der Waals surface area contributed by atoms with E-state index >= 15 is 0 Å². The van der Waals surface area contributed by atoms with Crippen molar-refractivity contribution >= 4 is 12.1 Å². The summed E-state index contributed by atoms with van der Waals surface area (Å²) < 4.78 is 5.18. The minimum absolute atomic E-state index is 0.151. The Kier molecular flexibility index (Phi) is 3.55. The van der Waals surface area contributed by atoms with E-state index in [0.29, 0.717) is 5.41 Å². The number of alkyl carbamates (subject to hydrolysis) is 1. The lowest BCUT2D eigenvalue weighted by atomic mass is 9.28. The summed E-state index contributed by atoms with van der Waals surface area (Å²) in [6, 6.07) is 8.54. The highest BCUT2D eigenvalue weighted by Crippen LogP contribution is 2.79. The van der Waals surface area contributed by atoms with Crippen LogP contribution in [0.2, 0.25) is 0 Å². The zero-order chi connectivity index (χ0) is 16.8. The lowest BCUT2D eigenvalue weighted by Crippen LogP contribution is -2.74. The van der Waals surface area contributed by atoms with E-state index in [1.54, 1.807) is 0 Å². The van der Waals surface area contributed by atoms with Crippen molar-refractivity contribution in [3.63, 3.8) is 0 Å². The van der Waals surface area contributed by atoms with Gasteiger partial charge in [0, 0.05) is 5.41 Å². The number of benzene rings is 1. The molecule has 0 heterocycles. The number of hydrogen-bond acceptors (Lipinski definition) is 3. The number of carboxylic acid groups (broad SMARTS) is 1. The number of aliphatic carboxylic acids is 1. The largest absolute Gasteiger partial charge is 0.480 e. The first-order valence-electron chi connectivity index (χ1n) is 8.73. The molecule has 1 atom stereocenters. The minimum Gasteiger partial charge on any atom is -0.480 e. The van der Waals surface area contributed by atoms with Crippen LogP contribution in [0.4, 0.5) is 4.79 Å². The smallest absolute Gasteiger partial charge is 0.408 e. The van der Waals surface area contributed by atoms with Crippen molar-refractivity contribution in [2.45, 2.75) is 51.2 Å². The van der Waals surface area contributed by atoms with E-state index in [9.17, 15) is 14.7 Å². The van der Waals surface area contributed by atoms with Crippen LogP contribution in [0.1, 0.15) is 44.1 Å². The molecule has 24 heavy (non-hydrogen) atoms. The van der Waals surface area contributed by atoms with Gasteiger partial charge in [0.1, 0.15) is 12.6 Å². The number of ether oxygens (including phenoxy) is 1. The van der Waals surface area contributed by atoms with Crippen LogP contribution in [0.15, 0.2) is 30.3 Å². The molecule has 5 rings (SSSR count). The highest BCUT2D eigenvalue weighted by Gasteiger charge is 2.74. The lowest BCUT2D eigenvalue weighted by Gasteiger charge is -2.76. The molecule has 4 aliphatic carbocycles. The molecule has 1 amide bonds. The average Bonchev–Trinajstić information content (AvgIpc) is 2.44. The van der Waals surface area contributed by atoms with Crippen molar-refractivity contribution in [1.29, 1.82) is 0 Å². The highest BCUT2D eigenvalue weighted by atomic mass is 16.5. The molecule has 1 aromatic carbocycles. The Morgan fingerprint density at radius 2 is 1.88 bits per heavy atom. The van der Waals surface area contributed by atoms with Crippen molar-refractivity contribution in [2.75, 3.05) is 0 Å². The molecule has 0 spiro atoms. The molecule has 2 bridgehead atoms. The van der Waals surface area contributed by atoms with Gasteiger partial charge >= 0.3 is 12.1 Å². The zero-order valence-corrected chi connectivity index (χ0v) is 13.7. The Morgan fingerprint density at radius 1 is 1.21 bits per heavy atom. The van der Waals surface area contributed by atoms with E-state index in [4.69, 9.17) is 4.74 Å². The van der Waals surface area contributed by atoms with Crippen molar-refractivity contribution in [3.05, 3.63) is 35.9 Å². The van der Waals surface area contributed by atoms with Gasteiger partial charge < -0.3 is 15.2 Å². The zero-order valence-electron chi connectivity index (χ0n) is 13.7. The number of nitrogens with one attached hydrogen (secondary N) is 1. The van der Waals surface area contributed by atoms with Crippen LogP contribution in [-0.4, -0.2) is 23.2 Å². The molecule has 4 aliphatic rings. The van der Waals surface area contributed by atoms with E-state index in [1.807, 2.05) is 30.3 Å². The first-order chi connectivity index (χ1) is 11.5. The molecule has 0 aliphatic heterocycles. The fraction of sp³-hybridized carbons (Fsp3) is 0.579. The quantitative estimate of drug-likeness (QED) is 0.839. The molecule has 0 saturated heterocycles. The molecule has 5 nitrogen and oxygen atoms in total. The van der Waals surface area contributed by atoms with Crippen LogP contribution in [0, 0.1) is 16.7 Å². The Bertz CT molecular complexity index is 633. The number of hydrogen-bond donors (Lipinski definition) is 2. The first-order valence-corrected chi connectivity index (χ1v) is 8.73. The first kappa shape index (κ1) is 15.5. The number of rotatable bonds is 6. The van der Waals surface area contributed by atoms with E-state index in [2.05, 4.69) is 5.32 Å². The fourth-order valence-corrected chi connectivity index (χ4v) is 5.07. The third-order valence-corrected chi connectivity index (χ3v) is 6.42. The van der Waals surface area contributed by atoms with Gasteiger partial charge in [-0.25, -0.2) is 9.59 Å². The summed E-state index contributed by atoms with van der Waals surface area (Å²) >= 11 is 0. The molecular weight excluding hydrogens is 306 g/mol. The number of carbonyl (C=O) groups is 2. The SMILES string of the molecule is O=C(NC(C(=O)O)C12CC(C3CCC3)(C1)C2)OCc1ccccc1. The van der Waals surface area contributed by atoms with Crippen LogP contribution in [0.5, 0.6) is 0 Å². The Labute approximate surface area is 141 Å². The second-order valence-corrected chi connectivity index (χ2v) is 7.86. The molecule has 2 N–H and O–H groups in total. The second-order valence-electron chi connectivity index (χ2n) is 7.86. The van der Waals surface area contributed by atoms with Gasteiger partial charge in [-0.05, 0) is 49.0 Å². The minimum atomic E-state index is -0.950. The maximum absolute atomic E-state index is 12.0. The van der Waals surface area contributed by atoms with Crippen LogP contribution in [-0.2, 0) is 16.1 Å². The van der Waals surface area contributed by atoms with Crippen LogP contribution < -0.4 is 5.32 Å². The molecule has 4 saturated carbocycles. The third kappa shape index (κ3) is 2.38. The average molecular weight is 329 g/mol. The number of carboxylic acids is 1. The van der Waals surface area contributed by atoms with Gasteiger partial charge in [0.25, 0.3) is 0 Å². The predicted octanol–water partition coefficient (Wildman–Crippen LogP) is 3.34. The van der Waals surface area contributed by atoms with Crippen LogP contribution >= 0.6 is 0 Å². The maximum Gasteiger partial charge on any atom is 0.408 e. The van der Waals surface area contributed by atoms with E-state index in [1.165, 1.54) is 19.3 Å². The van der Waals surface area contributed by atoms with Crippen molar-refractivity contribution in [1.82, 2.24) is 5.32 Å². The lowest BCUT2D eigenvalue weighted by molar-refractivity contribution is -0.262. The van der Waals surface area contributed by atoms with Crippen LogP contribution in [0.25, 0.3) is 0 Å². The topological polar surface area (TPSA) is 75.6 Å². The third-order valence-electron chi connectivity index (χ3n) is 6.42. The van der Waals surface area contributed by atoms with Crippen molar-refractivity contribution in [3.8, 4) is 0 Å². The number of amides is 1. The molecule has 1 unspecified atom stereocenters. The van der Waals surface area contributed by atoms with Gasteiger partial charge in [0.15, 0.2) is 0 Å². The summed E-state index contributed by atoms with van der Waals surface area (Å²) in [7, 11) is 0. The molecule has 128 valence electrons. The molecule has 0 radical (unpaired) electrons. The molecular formula is C19H23NO4. The summed E-state index contributed by atoms with van der Waals surface area (Å²) in [6.07, 6.45) is 6.09. The molecule has 0 aromatic heterocycles. The highest BCUT2D eigenvalue weighted by molar-refractivity contribution is 5.81. The normalized spacial score (nSPS) is 31.8. The Morgan fingerprint density at radius 3 is 2.42 bits per heavy atom. The summed E-state index contributed by atoms with van der Waals surface area (Å²) in [4.78, 5) is 23.7. The van der Waals surface area contributed by atoms with E-state index in [0.717, 1.165) is 30.7 Å². The standard InChI is InChI=1S/C19H23NO4/c21-16(22)15(19-10-18(11-19,12-19)14-7-4-8-14)20-17(23)24-9-13-5-2-1-3-6-13/h1-3,5-6,14-15H,4,7-12H2,(H,20,23)(H,21,22). The molecule has 1 aromatic rings. The van der Waals surface area contributed by atoms with Crippen LogP contribution in [0.3, 0.4) is 0 Å². The second kappa shape index (κ2) is 5.50. The van der Waals surface area contributed by atoms with Gasteiger partial charge in [-0.15, -0.1) is 0 Å². The maximum atomic E-state index is 12.0. The number of carbonyl (C=O) groups excluding carboxylic acids is 1.